The number of primary amides is 1. The summed E-state index contributed by atoms with van der Waals surface area (Å²) in [6.45, 7) is 1.62. The number of nitrogens with two attached hydrogens (primary N) is 2. The number of benzene rings is 2. The molecule has 3 rings (SSSR count). The molecule has 1 heterocycles. The Bertz CT molecular complexity index is 651. The molecule has 0 bridgehead atoms. The summed E-state index contributed by atoms with van der Waals surface area (Å²) in [6.07, 6.45) is 0.924. The van der Waals surface area contributed by atoms with Gasteiger partial charge in [0.15, 0.2) is 0 Å². The van der Waals surface area contributed by atoms with E-state index < -0.39 is 5.91 Å². The van der Waals surface area contributed by atoms with Gasteiger partial charge in [-0.05, 0) is 35.7 Å². The molecule has 21 heavy (non-hydrogen) atoms. The number of hydrogen-bond acceptors (Lipinski definition) is 3. The number of amides is 1. The van der Waals surface area contributed by atoms with E-state index in [2.05, 4.69) is 29.2 Å². The third kappa shape index (κ3) is 2.90. The number of carbonyl (C=O) groups is 1. The topological polar surface area (TPSA) is 72.4 Å². The van der Waals surface area contributed by atoms with Crippen molar-refractivity contribution in [3.8, 4) is 0 Å². The predicted molar refractivity (Wildman–Crippen MR) is 84.1 cm³/mol. The van der Waals surface area contributed by atoms with Gasteiger partial charge in [0, 0.05) is 30.4 Å². The van der Waals surface area contributed by atoms with Crippen LogP contribution in [0.4, 0.5) is 5.69 Å². The molecule has 0 spiro atoms. The fourth-order valence-electron chi connectivity index (χ4n) is 2.86. The molecule has 0 aromatic heterocycles. The Balaban J connectivity index is 1.83. The van der Waals surface area contributed by atoms with Gasteiger partial charge in [0.25, 0.3) is 0 Å². The highest BCUT2D eigenvalue weighted by molar-refractivity contribution is 5.92. The highest BCUT2D eigenvalue weighted by atomic mass is 16.1. The summed E-state index contributed by atoms with van der Waals surface area (Å²) in [7, 11) is 0. The van der Waals surface area contributed by atoms with Crippen LogP contribution in [0.25, 0.3) is 0 Å². The van der Waals surface area contributed by atoms with Crippen LogP contribution >= 0.6 is 0 Å². The van der Waals surface area contributed by atoms with Gasteiger partial charge < -0.3 is 16.4 Å². The first kappa shape index (κ1) is 13.6. The van der Waals surface area contributed by atoms with E-state index in [0.717, 1.165) is 25.1 Å². The molecule has 1 aliphatic rings. The standard InChI is InChI=1S/C17H19N3O/c18-15-9-14-3-1-2-4-16(14)20(11-15)10-12-5-7-13(8-6-12)17(19)21/h1-8,15H,9-11,18H2,(H2,19,21). The van der Waals surface area contributed by atoms with Crippen LogP contribution in [0, 0.1) is 0 Å². The Morgan fingerprint density at radius 1 is 1.14 bits per heavy atom. The molecule has 0 radical (unpaired) electrons. The Kier molecular flexibility index (Phi) is 3.62. The molecule has 0 saturated heterocycles. The van der Waals surface area contributed by atoms with E-state index in [1.165, 1.54) is 11.3 Å². The molecule has 4 heteroatoms. The normalized spacial score (nSPS) is 17.4. The van der Waals surface area contributed by atoms with Gasteiger partial charge in [-0.3, -0.25) is 4.79 Å². The minimum Gasteiger partial charge on any atom is -0.366 e. The molecular formula is C17H19N3O. The van der Waals surface area contributed by atoms with E-state index in [1.54, 1.807) is 12.1 Å². The van der Waals surface area contributed by atoms with Gasteiger partial charge in [0.1, 0.15) is 0 Å². The van der Waals surface area contributed by atoms with Gasteiger partial charge >= 0.3 is 0 Å². The average Bonchev–Trinajstić information content (AvgIpc) is 2.47. The number of nitrogens with zero attached hydrogens (tertiary/aromatic N) is 1. The Morgan fingerprint density at radius 2 is 1.86 bits per heavy atom. The van der Waals surface area contributed by atoms with Crippen LogP contribution in [-0.4, -0.2) is 18.5 Å². The summed E-state index contributed by atoms with van der Waals surface area (Å²) in [4.78, 5) is 13.4. The molecule has 0 aliphatic carbocycles. The maximum absolute atomic E-state index is 11.1. The van der Waals surface area contributed by atoms with E-state index in [1.807, 2.05) is 12.1 Å². The van der Waals surface area contributed by atoms with E-state index in [4.69, 9.17) is 11.5 Å². The van der Waals surface area contributed by atoms with Gasteiger partial charge in [-0.15, -0.1) is 0 Å². The van der Waals surface area contributed by atoms with Crippen molar-refractivity contribution in [2.45, 2.75) is 19.0 Å². The second-order valence-corrected chi connectivity index (χ2v) is 5.53. The molecule has 1 atom stereocenters. The molecule has 0 saturated carbocycles. The van der Waals surface area contributed by atoms with Crippen molar-refractivity contribution >= 4 is 11.6 Å². The molecule has 1 aliphatic heterocycles. The van der Waals surface area contributed by atoms with Crippen molar-refractivity contribution in [1.82, 2.24) is 0 Å². The fraction of sp³-hybridized carbons (Fsp3) is 0.235. The van der Waals surface area contributed by atoms with Crippen molar-refractivity contribution in [2.75, 3.05) is 11.4 Å². The first-order valence-electron chi connectivity index (χ1n) is 7.10. The van der Waals surface area contributed by atoms with E-state index in [0.29, 0.717) is 5.56 Å². The Morgan fingerprint density at radius 3 is 2.57 bits per heavy atom. The Hall–Kier alpha value is -2.33. The second kappa shape index (κ2) is 5.58. The third-order valence-electron chi connectivity index (χ3n) is 3.88. The van der Waals surface area contributed by atoms with Gasteiger partial charge in [0.05, 0.1) is 0 Å². The lowest BCUT2D eigenvalue weighted by molar-refractivity contribution is 0.100. The lowest BCUT2D eigenvalue weighted by Gasteiger charge is -2.34. The number of anilines is 1. The van der Waals surface area contributed by atoms with Crippen molar-refractivity contribution in [3.63, 3.8) is 0 Å². The molecule has 1 amide bonds. The van der Waals surface area contributed by atoms with Gasteiger partial charge in [0.2, 0.25) is 5.91 Å². The number of carbonyl (C=O) groups excluding carboxylic acids is 1. The summed E-state index contributed by atoms with van der Waals surface area (Å²) in [5, 5.41) is 0. The minimum atomic E-state index is -0.396. The fourth-order valence-corrected chi connectivity index (χ4v) is 2.86. The van der Waals surface area contributed by atoms with Crippen LogP contribution in [0.3, 0.4) is 0 Å². The molecule has 2 aromatic carbocycles. The van der Waals surface area contributed by atoms with Crippen LogP contribution in [0.2, 0.25) is 0 Å². The van der Waals surface area contributed by atoms with Crippen molar-refractivity contribution in [3.05, 3.63) is 65.2 Å². The lowest BCUT2D eigenvalue weighted by Crippen LogP contribution is -2.42. The van der Waals surface area contributed by atoms with E-state index in [9.17, 15) is 4.79 Å². The summed E-state index contributed by atoms with van der Waals surface area (Å²) >= 11 is 0. The first-order valence-corrected chi connectivity index (χ1v) is 7.10. The van der Waals surface area contributed by atoms with Crippen LogP contribution in [0.1, 0.15) is 21.5 Å². The molecule has 108 valence electrons. The molecule has 2 aromatic rings. The zero-order valence-corrected chi connectivity index (χ0v) is 11.8. The number of hydrogen-bond donors (Lipinski definition) is 2. The van der Waals surface area contributed by atoms with Gasteiger partial charge in [-0.1, -0.05) is 30.3 Å². The highest BCUT2D eigenvalue weighted by Crippen LogP contribution is 2.27. The van der Waals surface area contributed by atoms with Crippen LogP contribution in [0.5, 0.6) is 0 Å². The van der Waals surface area contributed by atoms with Crippen molar-refractivity contribution in [2.24, 2.45) is 11.5 Å². The number of fused-ring (bicyclic) bond motifs is 1. The van der Waals surface area contributed by atoms with Crippen LogP contribution in [-0.2, 0) is 13.0 Å². The average molecular weight is 281 g/mol. The third-order valence-corrected chi connectivity index (χ3v) is 3.88. The smallest absolute Gasteiger partial charge is 0.248 e. The van der Waals surface area contributed by atoms with Crippen molar-refractivity contribution in [1.29, 1.82) is 0 Å². The first-order chi connectivity index (χ1) is 10.1. The minimum absolute atomic E-state index is 0.157. The molecule has 1 unspecified atom stereocenters. The molecule has 4 nitrogen and oxygen atoms in total. The summed E-state index contributed by atoms with van der Waals surface area (Å²) in [6, 6.07) is 16.0. The lowest BCUT2D eigenvalue weighted by atomic mass is 9.98. The maximum atomic E-state index is 11.1. The highest BCUT2D eigenvalue weighted by Gasteiger charge is 2.21. The van der Waals surface area contributed by atoms with Crippen molar-refractivity contribution < 1.29 is 4.79 Å². The zero-order chi connectivity index (χ0) is 14.8. The van der Waals surface area contributed by atoms with E-state index in [-0.39, 0.29) is 6.04 Å². The SMILES string of the molecule is NC(=O)c1ccc(CN2CC(N)Cc3ccccc32)cc1. The summed E-state index contributed by atoms with van der Waals surface area (Å²) < 4.78 is 0. The van der Waals surface area contributed by atoms with Gasteiger partial charge in [-0.2, -0.15) is 0 Å². The monoisotopic (exact) mass is 281 g/mol. The van der Waals surface area contributed by atoms with Crippen LogP contribution in [0.15, 0.2) is 48.5 Å². The number of para-hydroxylation sites is 1. The molecule has 0 fully saturated rings. The molecular weight excluding hydrogens is 262 g/mol. The maximum Gasteiger partial charge on any atom is 0.248 e. The quantitative estimate of drug-likeness (QED) is 0.899. The summed E-state index contributed by atoms with van der Waals surface area (Å²) in [5.74, 6) is -0.396. The number of rotatable bonds is 3. The second-order valence-electron chi connectivity index (χ2n) is 5.53. The van der Waals surface area contributed by atoms with E-state index >= 15 is 0 Å². The van der Waals surface area contributed by atoms with Gasteiger partial charge in [-0.25, -0.2) is 0 Å². The van der Waals surface area contributed by atoms with Crippen LogP contribution < -0.4 is 16.4 Å². The summed E-state index contributed by atoms with van der Waals surface area (Å²) in [5.41, 5.74) is 15.6. The Labute approximate surface area is 124 Å². The largest absolute Gasteiger partial charge is 0.366 e. The predicted octanol–water partition coefficient (Wildman–Crippen LogP) is 1.68. The zero-order valence-electron chi connectivity index (χ0n) is 11.8. The molecule has 4 N–H and O–H groups in total.